The first-order valence-electron chi connectivity index (χ1n) is 11.0. The third kappa shape index (κ3) is 2.85. The summed E-state index contributed by atoms with van der Waals surface area (Å²) in [5, 5.41) is 0. The summed E-state index contributed by atoms with van der Waals surface area (Å²) in [5.41, 5.74) is 11.7. The molecule has 2 aliphatic heterocycles. The molecule has 1 aliphatic carbocycles. The van der Waals surface area contributed by atoms with Gasteiger partial charge in [-0.1, -0.05) is 12.1 Å². The number of halogens is 1. The van der Waals surface area contributed by atoms with E-state index in [2.05, 4.69) is 27.7 Å². The van der Waals surface area contributed by atoms with Crippen molar-refractivity contribution in [3.05, 3.63) is 59.2 Å². The normalized spacial score (nSPS) is 20.3. The van der Waals surface area contributed by atoms with E-state index in [1.165, 1.54) is 18.4 Å². The van der Waals surface area contributed by atoms with E-state index in [9.17, 15) is 4.39 Å². The molecule has 1 aromatic heterocycles. The summed E-state index contributed by atoms with van der Waals surface area (Å²) >= 11 is 0. The number of benzene rings is 2. The first kappa shape index (κ1) is 18.3. The molecule has 1 saturated carbocycles. The molecule has 0 radical (unpaired) electrons. The van der Waals surface area contributed by atoms with Gasteiger partial charge in [-0.3, -0.25) is 0 Å². The summed E-state index contributed by atoms with van der Waals surface area (Å²) in [5.74, 6) is 0.890. The summed E-state index contributed by atoms with van der Waals surface area (Å²) in [6.45, 7) is 3.73. The Kier molecular flexibility index (Phi) is 4.15. The van der Waals surface area contributed by atoms with Crippen molar-refractivity contribution >= 4 is 16.7 Å². The molecule has 3 aromatic rings. The van der Waals surface area contributed by atoms with E-state index in [0.717, 1.165) is 60.7 Å². The quantitative estimate of drug-likeness (QED) is 0.711. The van der Waals surface area contributed by atoms with Gasteiger partial charge >= 0.3 is 0 Å². The number of anilines is 1. The molecule has 3 heterocycles. The van der Waals surface area contributed by atoms with Gasteiger partial charge in [-0.05, 0) is 61.1 Å². The standard InChI is InChI=1S/C24H27FN4O/c25-17-2-3-19-22(12-17)28(15-24(19)7-8-24)14-23-27-20-11-16(13-26)1-4-21(20)29(23)18-5-9-30-10-6-18/h1-4,11-12,18H,5-10,13-15,26H2. The van der Waals surface area contributed by atoms with E-state index < -0.39 is 0 Å². The van der Waals surface area contributed by atoms with Crippen LogP contribution in [0.5, 0.6) is 0 Å². The largest absolute Gasteiger partial charge is 0.381 e. The second kappa shape index (κ2) is 6.79. The summed E-state index contributed by atoms with van der Waals surface area (Å²) in [4.78, 5) is 7.39. The van der Waals surface area contributed by atoms with Crippen molar-refractivity contribution in [2.45, 2.75) is 50.2 Å². The van der Waals surface area contributed by atoms with Crippen LogP contribution in [0.15, 0.2) is 36.4 Å². The lowest BCUT2D eigenvalue weighted by Gasteiger charge is -2.27. The van der Waals surface area contributed by atoms with Gasteiger partial charge in [-0.15, -0.1) is 0 Å². The van der Waals surface area contributed by atoms with Crippen molar-refractivity contribution in [3.63, 3.8) is 0 Å². The molecule has 2 N–H and O–H groups in total. The maximum absolute atomic E-state index is 14.1. The zero-order chi connectivity index (χ0) is 20.3. The minimum Gasteiger partial charge on any atom is -0.381 e. The fourth-order valence-electron chi connectivity index (χ4n) is 5.42. The van der Waals surface area contributed by atoms with Crippen LogP contribution in [0.4, 0.5) is 10.1 Å². The molecule has 0 unspecified atom stereocenters. The molecule has 1 saturated heterocycles. The highest BCUT2D eigenvalue weighted by Crippen LogP contribution is 2.56. The Balaban J connectivity index is 1.43. The third-order valence-corrected chi connectivity index (χ3v) is 7.17. The number of aromatic nitrogens is 2. The lowest BCUT2D eigenvalue weighted by Crippen LogP contribution is -2.28. The van der Waals surface area contributed by atoms with Crippen LogP contribution in [0.25, 0.3) is 11.0 Å². The maximum atomic E-state index is 14.1. The summed E-state index contributed by atoms with van der Waals surface area (Å²) in [7, 11) is 0. The maximum Gasteiger partial charge on any atom is 0.129 e. The van der Waals surface area contributed by atoms with Gasteiger partial charge in [0.05, 0.1) is 17.6 Å². The van der Waals surface area contributed by atoms with Crippen LogP contribution < -0.4 is 10.6 Å². The van der Waals surface area contributed by atoms with Gasteiger partial charge in [0.2, 0.25) is 0 Å². The second-order valence-electron chi connectivity index (χ2n) is 9.07. The second-order valence-corrected chi connectivity index (χ2v) is 9.07. The molecule has 5 nitrogen and oxygen atoms in total. The van der Waals surface area contributed by atoms with Crippen molar-refractivity contribution in [2.75, 3.05) is 24.7 Å². The van der Waals surface area contributed by atoms with E-state index in [4.69, 9.17) is 15.5 Å². The monoisotopic (exact) mass is 406 g/mol. The van der Waals surface area contributed by atoms with E-state index in [-0.39, 0.29) is 11.2 Å². The predicted molar refractivity (Wildman–Crippen MR) is 115 cm³/mol. The molecule has 0 amide bonds. The number of fused-ring (bicyclic) bond motifs is 3. The lowest BCUT2D eigenvalue weighted by atomic mass is 9.99. The molecule has 2 aromatic carbocycles. The van der Waals surface area contributed by atoms with E-state index in [1.807, 2.05) is 6.07 Å². The fraction of sp³-hybridized carbons (Fsp3) is 0.458. The van der Waals surface area contributed by atoms with Gasteiger partial charge in [0.1, 0.15) is 11.6 Å². The van der Waals surface area contributed by atoms with Gasteiger partial charge in [0, 0.05) is 43.4 Å². The van der Waals surface area contributed by atoms with Crippen LogP contribution in [0.1, 0.15) is 48.7 Å². The molecule has 3 aliphatic rings. The van der Waals surface area contributed by atoms with Crippen LogP contribution in [0, 0.1) is 5.82 Å². The number of hydrogen-bond donors (Lipinski definition) is 1. The number of rotatable bonds is 4. The zero-order valence-corrected chi connectivity index (χ0v) is 17.1. The lowest BCUT2D eigenvalue weighted by molar-refractivity contribution is 0.0698. The Morgan fingerprint density at radius 2 is 1.97 bits per heavy atom. The van der Waals surface area contributed by atoms with Crippen LogP contribution >= 0.6 is 0 Å². The number of nitrogens with two attached hydrogens (primary N) is 1. The number of imidazole rings is 1. The molecule has 2 fully saturated rings. The van der Waals surface area contributed by atoms with E-state index >= 15 is 0 Å². The molecular formula is C24H27FN4O. The predicted octanol–water partition coefficient (Wildman–Crippen LogP) is 4.04. The van der Waals surface area contributed by atoms with Crippen molar-refractivity contribution < 1.29 is 9.13 Å². The Hall–Kier alpha value is -2.44. The minimum atomic E-state index is -0.165. The average molecular weight is 407 g/mol. The smallest absolute Gasteiger partial charge is 0.129 e. The van der Waals surface area contributed by atoms with Gasteiger partial charge in [0.15, 0.2) is 0 Å². The zero-order valence-electron chi connectivity index (χ0n) is 17.1. The van der Waals surface area contributed by atoms with Gasteiger partial charge < -0.3 is 19.9 Å². The van der Waals surface area contributed by atoms with Gasteiger partial charge in [-0.2, -0.15) is 0 Å². The van der Waals surface area contributed by atoms with Crippen molar-refractivity contribution in [2.24, 2.45) is 5.73 Å². The third-order valence-electron chi connectivity index (χ3n) is 7.17. The Morgan fingerprint density at radius 1 is 1.13 bits per heavy atom. The van der Waals surface area contributed by atoms with Crippen LogP contribution in [0.2, 0.25) is 0 Å². The van der Waals surface area contributed by atoms with Crippen LogP contribution in [-0.2, 0) is 23.2 Å². The minimum absolute atomic E-state index is 0.165. The highest BCUT2D eigenvalue weighted by Gasteiger charge is 2.51. The molecule has 0 atom stereocenters. The Bertz CT molecular complexity index is 1110. The topological polar surface area (TPSA) is 56.3 Å². The fourth-order valence-corrected chi connectivity index (χ4v) is 5.42. The molecule has 6 rings (SSSR count). The molecule has 1 spiro atoms. The molecule has 0 bridgehead atoms. The Morgan fingerprint density at radius 3 is 2.73 bits per heavy atom. The number of hydrogen-bond acceptors (Lipinski definition) is 4. The first-order chi connectivity index (χ1) is 14.7. The summed E-state index contributed by atoms with van der Waals surface area (Å²) < 4.78 is 22.1. The SMILES string of the molecule is NCc1ccc2c(c1)nc(CN1CC3(CC3)c3ccc(F)cc31)n2C1CCOCC1. The van der Waals surface area contributed by atoms with Crippen molar-refractivity contribution in [3.8, 4) is 0 Å². The van der Waals surface area contributed by atoms with Crippen LogP contribution in [-0.4, -0.2) is 29.3 Å². The summed E-state index contributed by atoms with van der Waals surface area (Å²) in [6.07, 6.45) is 4.37. The highest BCUT2D eigenvalue weighted by atomic mass is 19.1. The highest BCUT2D eigenvalue weighted by molar-refractivity contribution is 5.77. The summed E-state index contributed by atoms with van der Waals surface area (Å²) in [6, 6.07) is 12.0. The van der Waals surface area contributed by atoms with E-state index in [1.54, 1.807) is 12.1 Å². The van der Waals surface area contributed by atoms with Crippen molar-refractivity contribution in [1.82, 2.24) is 9.55 Å². The van der Waals surface area contributed by atoms with Crippen LogP contribution in [0.3, 0.4) is 0 Å². The molecule has 30 heavy (non-hydrogen) atoms. The Labute approximate surface area is 175 Å². The number of ether oxygens (including phenoxy) is 1. The first-order valence-corrected chi connectivity index (χ1v) is 11.0. The average Bonchev–Trinajstić information content (AvgIpc) is 3.37. The van der Waals surface area contributed by atoms with Crippen molar-refractivity contribution in [1.29, 1.82) is 0 Å². The molecule has 6 heteroatoms. The van der Waals surface area contributed by atoms with Gasteiger partial charge in [0.25, 0.3) is 0 Å². The molecule has 156 valence electrons. The number of nitrogens with zero attached hydrogens (tertiary/aromatic N) is 3. The molecular weight excluding hydrogens is 379 g/mol. The van der Waals surface area contributed by atoms with Gasteiger partial charge in [-0.25, -0.2) is 9.37 Å². The van der Waals surface area contributed by atoms with E-state index in [0.29, 0.717) is 19.1 Å².